The van der Waals surface area contributed by atoms with Crippen LogP contribution in [0.4, 0.5) is 0 Å². The first-order valence-electron chi connectivity index (χ1n) is 3.99. The third kappa shape index (κ3) is 4.20. The van der Waals surface area contributed by atoms with Crippen molar-refractivity contribution in [2.24, 2.45) is 0 Å². The van der Waals surface area contributed by atoms with Gasteiger partial charge >= 0.3 is 5.97 Å². The highest BCUT2D eigenvalue weighted by molar-refractivity contribution is 7.84. The van der Waals surface area contributed by atoms with Crippen LogP contribution in [0.25, 0.3) is 0 Å². The predicted molar refractivity (Wildman–Crippen MR) is 60.8 cm³/mol. The fourth-order valence-corrected chi connectivity index (χ4v) is 2.44. The summed E-state index contributed by atoms with van der Waals surface area (Å²) in [7, 11) is -1.46. The lowest BCUT2D eigenvalue weighted by Gasteiger charge is -2.03. The number of carboxylic acids is 1. The minimum absolute atomic E-state index is 0.103. The minimum atomic E-state index is -1.46. The third-order valence-corrected chi connectivity index (χ3v) is 3.41. The number of rotatable bonds is 4. The molecule has 82 valence electrons. The zero-order chi connectivity index (χ0) is 11.4. The average molecular weight is 267 g/mol. The molecular weight excluding hydrogens is 259 g/mol. The van der Waals surface area contributed by atoms with Crippen LogP contribution in [0.2, 0.25) is 10.0 Å². The van der Waals surface area contributed by atoms with Crippen molar-refractivity contribution >= 4 is 40.0 Å². The van der Waals surface area contributed by atoms with Crippen LogP contribution in [0.1, 0.15) is 5.56 Å². The van der Waals surface area contributed by atoms with E-state index in [0.717, 1.165) is 0 Å². The van der Waals surface area contributed by atoms with E-state index in [2.05, 4.69) is 0 Å². The number of aliphatic carboxylic acids is 1. The van der Waals surface area contributed by atoms with Crippen molar-refractivity contribution in [1.82, 2.24) is 0 Å². The smallest absolute Gasteiger partial charge is 0.316 e. The Balaban J connectivity index is 2.76. The second-order valence-corrected chi connectivity index (χ2v) is 5.16. The summed E-state index contributed by atoms with van der Waals surface area (Å²) in [6.45, 7) is 0. The highest BCUT2D eigenvalue weighted by atomic mass is 35.5. The van der Waals surface area contributed by atoms with Crippen molar-refractivity contribution in [1.29, 1.82) is 0 Å². The van der Waals surface area contributed by atoms with Gasteiger partial charge in [0, 0.05) is 20.8 Å². The van der Waals surface area contributed by atoms with Gasteiger partial charge in [0.05, 0.1) is 5.75 Å². The standard InChI is InChI=1S/C9H8Cl2O3S/c10-7-1-2-8(11)6(3-7)4-15(14)5-9(12)13/h1-3H,4-5H2,(H,12,13). The molecule has 1 rings (SSSR count). The fourth-order valence-electron chi connectivity index (χ4n) is 1.02. The van der Waals surface area contributed by atoms with Gasteiger partial charge in [-0.3, -0.25) is 9.00 Å². The zero-order valence-electron chi connectivity index (χ0n) is 7.57. The second kappa shape index (κ2) is 5.49. The van der Waals surface area contributed by atoms with Crippen LogP contribution in [0.3, 0.4) is 0 Å². The van der Waals surface area contributed by atoms with E-state index in [0.29, 0.717) is 15.6 Å². The summed E-state index contributed by atoms with van der Waals surface area (Å²) in [6, 6.07) is 4.80. The van der Waals surface area contributed by atoms with Crippen LogP contribution in [-0.4, -0.2) is 21.0 Å². The van der Waals surface area contributed by atoms with E-state index in [9.17, 15) is 9.00 Å². The number of carbonyl (C=O) groups is 1. The van der Waals surface area contributed by atoms with Gasteiger partial charge in [-0.2, -0.15) is 0 Å². The molecule has 0 aromatic heterocycles. The van der Waals surface area contributed by atoms with Gasteiger partial charge in [-0.1, -0.05) is 23.2 Å². The van der Waals surface area contributed by atoms with Gasteiger partial charge in [-0.25, -0.2) is 0 Å². The lowest BCUT2D eigenvalue weighted by atomic mass is 10.2. The summed E-state index contributed by atoms with van der Waals surface area (Å²) < 4.78 is 11.3. The van der Waals surface area contributed by atoms with Crippen molar-refractivity contribution in [3.8, 4) is 0 Å². The third-order valence-electron chi connectivity index (χ3n) is 1.61. The maximum Gasteiger partial charge on any atom is 0.316 e. The van der Waals surface area contributed by atoms with Crippen molar-refractivity contribution in [2.45, 2.75) is 5.75 Å². The quantitative estimate of drug-likeness (QED) is 0.910. The second-order valence-electron chi connectivity index (χ2n) is 2.86. The topological polar surface area (TPSA) is 54.4 Å². The van der Waals surface area contributed by atoms with Crippen molar-refractivity contribution in [3.05, 3.63) is 33.8 Å². The summed E-state index contributed by atoms with van der Waals surface area (Å²) >= 11 is 11.6. The summed E-state index contributed by atoms with van der Waals surface area (Å²) in [4.78, 5) is 10.3. The molecule has 0 radical (unpaired) electrons. The highest BCUT2D eigenvalue weighted by Gasteiger charge is 2.09. The molecule has 0 amide bonds. The van der Waals surface area contributed by atoms with Crippen LogP contribution in [0.5, 0.6) is 0 Å². The van der Waals surface area contributed by atoms with Crippen molar-refractivity contribution in [3.63, 3.8) is 0 Å². The maximum atomic E-state index is 11.3. The van der Waals surface area contributed by atoms with Gasteiger partial charge < -0.3 is 5.11 Å². The first-order chi connectivity index (χ1) is 6.99. The molecule has 0 aliphatic carbocycles. The number of benzene rings is 1. The monoisotopic (exact) mass is 266 g/mol. The van der Waals surface area contributed by atoms with E-state index < -0.39 is 16.8 Å². The van der Waals surface area contributed by atoms with Gasteiger partial charge in [0.2, 0.25) is 0 Å². The van der Waals surface area contributed by atoms with E-state index >= 15 is 0 Å². The molecular formula is C9H8Cl2O3S. The minimum Gasteiger partial charge on any atom is -0.481 e. The van der Waals surface area contributed by atoms with Crippen LogP contribution >= 0.6 is 23.2 Å². The van der Waals surface area contributed by atoms with E-state index in [1.807, 2.05) is 0 Å². The molecule has 3 nitrogen and oxygen atoms in total. The SMILES string of the molecule is O=C(O)CS(=O)Cc1cc(Cl)ccc1Cl. The zero-order valence-corrected chi connectivity index (χ0v) is 9.90. The molecule has 0 aliphatic rings. The summed E-state index contributed by atoms with van der Waals surface area (Å²) in [5.41, 5.74) is 0.601. The van der Waals surface area contributed by atoms with Gasteiger partial charge in [0.15, 0.2) is 0 Å². The molecule has 6 heteroatoms. The van der Waals surface area contributed by atoms with Gasteiger partial charge in [0.1, 0.15) is 5.75 Å². The molecule has 1 aromatic rings. The van der Waals surface area contributed by atoms with Gasteiger partial charge in [-0.15, -0.1) is 0 Å². The molecule has 1 unspecified atom stereocenters. The van der Waals surface area contributed by atoms with E-state index in [-0.39, 0.29) is 11.5 Å². The van der Waals surface area contributed by atoms with E-state index in [4.69, 9.17) is 28.3 Å². The van der Waals surface area contributed by atoms with Crippen LogP contribution < -0.4 is 0 Å². The number of hydrogen-bond acceptors (Lipinski definition) is 2. The Morgan fingerprint density at radius 1 is 1.40 bits per heavy atom. The van der Waals surface area contributed by atoms with Gasteiger partial charge in [-0.05, 0) is 23.8 Å². The molecule has 1 N–H and O–H groups in total. The Kier molecular flexibility index (Phi) is 4.57. The molecule has 0 fully saturated rings. The average Bonchev–Trinajstić information content (AvgIpc) is 2.10. The molecule has 0 bridgehead atoms. The Morgan fingerprint density at radius 2 is 2.07 bits per heavy atom. The Bertz CT molecular complexity index is 406. The largest absolute Gasteiger partial charge is 0.481 e. The highest BCUT2D eigenvalue weighted by Crippen LogP contribution is 2.21. The van der Waals surface area contributed by atoms with E-state index in [1.54, 1.807) is 18.2 Å². The normalized spacial score (nSPS) is 12.4. The van der Waals surface area contributed by atoms with Crippen LogP contribution in [0.15, 0.2) is 18.2 Å². The summed E-state index contributed by atoms with van der Waals surface area (Å²) in [6.07, 6.45) is 0. The molecule has 0 aliphatic heterocycles. The maximum absolute atomic E-state index is 11.3. The van der Waals surface area contributed by atoms with Crippen LogP contribution in [0, 0.1) is 0 Å². The predicted octanol–water partition coefficient (Wildman–Crippen LogP) is 2.33. The van der Waals surface area contributed by atoms with Crippen LogP contribution in [-0.2, 0) is 21.3 Å². The molecule has 0 saturated heterocycles. The van der Waals surface area contributed by atoms with Crippen molar-refractivity contribution in [2.75, 3.05) is 5.75 Å². The fraction of sp³-hybridized carbons (Fsp3) is 0.222. The first kappa shape index (κ1) is 12.5. The summed E-state index contributed by atoms with van der Waals surface area (Å²) in [5, 5.41) is 9.36. The first-order valence-corrected chi connectivity index (χ1v) is 6.24. The Morgan fingerprint density at radius 3 is 2.67 bits per heavy atom. The Hall–Kier alpha value is -0.580. The molecule has 1 aromatic carbocycles. The molecule has 1 atom stereocenters. The molecule has 0 saturated carbocycles. The molecule has 0 spiro atoms. The lowest BCUT2D eigenvalue weighted by Crippen LogP contribution is -2.10. The number of halogens is 2. The lowest BCUT2D eigenvalue weighted by molar-refractivity contribution is -0.133. The van der Waals surface area contributed by atoms with Gasteiger partial charge in [0.25, 0.3) is 0 Å². The molecule has 15 heavy (non-hydrogen) atoms. The number of carboxylic acid groups (broad SMARTS) is 1. The Labute approximate surface area is 99.5 Å². The van der Waals surface area contributed by atoms with Crippen molar-refractivity contribution < 1.29 is 14.1 Å². The number of hydrogen-bond donors (Lipinski definition) is 1. The molecule has 0 heterocycles. The summed E-state index contributed by atoms with van der Waals surface area (Å²) in [5.74, 6) is -1.37. The van der Waals surface area contributed by atoms with E-state index in [1.165, 1.54) is 0 Å².